The number of fused-ring (bicyclic) bond motifs is 1. The zero-order valence-corrected chi connectivity index (χ0v) is 16.1. The van der Waals surface area contributed by atoms with Crippen LogP contribution in [0.15, 0.2) is 22.7 Å². The molecule has 0 amide bonds. The van der Waals surface area contributed by atoms with Crippen LogP contribution < -0.4 is 0 Å². The molecule has 0 aliphatic rings. The second-order valence-electron chi connectivity index (χ2n) is 5.40. The molecule has 0 aliphatic heterocycles. The van der Waals surface area contributed by atoms with Gasteiger partial charge in [0.1, 0.15) is 5.82 Å². The van der Waals surface area contributed by atoms with Crippen LogP contribution in [0.5, 0.6) is 0 Å². The van der Waals surface area contributed by atoms with Gasteiger partial charge >= 0.3 is 0 Å². The number of benzene rings is 1. The number of halogens is 2. The summed E-state index contributed by atoms with van der Waals surface area (Å²) in [6.07, 6.45) is 4.47. The van der Waals surface area contributed by atoms with Crippen molar-refractivity contribution >= 4 is 50.3 Å². The van der Waals surface area contributed by atoms with Gasteiger partial charge in [0.05, 0.1) is 16.4 Å². The van der Waals surface area contributed by atoms with E-state index in [9.17, 15) is 0 Å². The number of hydrogen-bond donors (Lipinski definition) is 0. The van der Waals surface area contributed by atoms with Crippen LogP contribution in [0.25, 0.3) is 11.0 Å². The summed E-state index contributed by atoms with van der Waals surface area (Å²) >= 11 is 11.9. The maximum Gasteiger partial charge on any atom is 0.127 e. The Morgan fingerprint density at radius 1 is 1.38 bits per heavy atom. The number of rotatable bonds is 6. The van der Waals surface area contributed by atoms with Crippen molar-refractivity contribution in [1.29, 1.82) is 0 Å². The standard InChI is InChI=1S/C16H22BrClN2S/c1-5-16(6-2,21-4)10-20-14-9-12(17)7-8-13(14)19-15(20)11(3)18/h7-9,11H,5-6,10H2,1-4H3. The van der Waals surface area contributed by atoms with Crippen LogP contribution in [0.3, 0.4) is 0 Å². The van der Waals surface area contributed by atoms with E-state index in [1.165, 1.54) is 0 Å². The molecule has 2 aromatic rings. The second-order valence-corrected chi connectivity index (χ2v) is 8.24. The third kappa shape index (κ3) is 3.43. The molecule has 0 radical (unpaired) electrons. The quantitative estimate of drug-likeness (QED) is 0.562. The Labute approximate surface area is 144 Å². The summed E-state index contributed by atoms with van der Waals surface area (Å²) in [6.45, 7) is 7.46. The average molecular weight is 390 g/mol. The minimum absolute atomic E-state index is 0.0931. The van der Waals surface area contributed by atoms with Crippen LogP contribution in [-0.2, 0) is 6.54 Å². The first-order valence-corrected chi connectivity index (χ1v) is 9.76. The SMILES string of the molecule is CCC(CC)(Cn1c(C(C)Cl)nc2ccc(Br)cc21)SC. The van der Waals surface area contributed by atoms with E-state index in [-0.39, 0.29) is 10.1 Å². The molecule has 1 aromatic heterocycles. The molecule has 0 fully saturated rings. The fourth-order valence-corrected chi connectivity index (χ4v) is 4.05. The molecule has 2 rings (SSSR count). The van der Waals surface area contributed by atoms with Gasteiger partial charge in [-0.2, -0.15) is 11.8 Å². The molecule has 0 bridgehead atoms. The van der Waals surface area contributed by atoms with Crippen molar-refractivity contribution in [2.24, 2.45) is 0 Å². The summed E-state index contributed by atoms with van der Waals surface area (Å²) in [5, 5.41) is -0.0931. The van der Waals surface area contributed by atoms with Gasteiger partial charge in [-0.1, -0.05) is 29.8 Å². The normalized spacial score (nSPS) is 13.8. The molecule has 5 heteroatoms. The zero-order valence-electron chi connectivity index (χ0n) is 13.0. The van der Waals surface area contributed by atoms with E-state index in [2.05, 4.69) is 52.7 Å². The largest absolute Gasteiger partial charge is 0.325 e. The minimum Gasteiger partial charge on any atom is -0.325 e. The summed E-state index contributed by atoms with van der Waals surface area (Å²) in [6, 6.07) is 6.22. The predicted molar refractivity (Wildman–Crippen MR) is 98.5 cm³/mol. The van der Waals surface area contributed by atoms with Gasteiger partial charge in [0.2, 0.25) is 0 Å². The summed E-state index contributed by atoms with van der Waals surface area (Å²) in [4.78, 5) is 4.74. The number of hydrogen-bond acceptors (Lipinski definition) is 2. The van der Waals surface area contributed by atoms with Gasteiger partial charge in [0.15, 0.2) is 0 Å². The van der Waals surface area contributed by atoms with Crippen LogP contribution in [-0.4, -0.2) is 20.6 Å². The van der Waals surface area contributed by atoms with Crippen LogP contribution in [0.4, 0.5) is 0 Å². The molecule has 0 N–H and O–H groups in total. The van der Waals surface area contributed by atoms with Gasteiger partial charge in [-0.25, -0.2) is 4.98 Å². The molecule has 1 aromatic carbocycles. The zero-order chi connectivity index (χ0) is 15.6. The number of imidazole rings is 1. The first-order chi connectivity index (χ1) is 9.96. The molecule has 0 aliphatic carbocycles. The minimum atomic E-state index is -0.0931. The monoisotopic (exact) mass is 388 g/mol. The maximum absolute atomic E-state index is 6.38. The highest BCUT2D eigenvalue weighted by molar-refractivity contribution is 9.10. The van der Waals surface area contributed by atoms with Crippen LogP contribution in [0, 0.1) is 0 Å². The summed E-state index contributed by atoms with van der Waals surface area (Å²) in [5.74, 6) is 0.963. The molecular formula is C16H22BrClN2S. The number of alkyl halides is 1. The van der Waals surface area contributed by atoms with E-state index in [4.69, 9.17) is 16.6 Å². The molecular weight excluding hydrogens is 368 g/mol. The van der Waals surface area contributed by atoms with Crippen molar-refractivity contribution in [3.05, 3.63) is 28.5 Å². The third-order valence-corrected chi connectivity index (χ3v) is 6.52. The Hall–Kier alpha value is -0.190. The lowest BCUT2D eigenvalue weighted by atomic mass is 10.0. The second kappa shape index (κ2) is 6.93. The van der Waals surface area contributed by atoms with Crippen molar-refractivity contribution in [3.63, 3.8) is 0 Å². The highest BCUT2D eigenvalue weighted by atomic mass is 79.9. The van der Waals surface area contributed by atoms with Gasteiger partial charge in [0.25, 0.3) is 0 Å². The summed E-state index contributed by atoms with van der Waals surface area (Å²) in [5.41, 5.74) is 2.18. The molecule has 1 atom stereocenters. The van der Waals surface area contributed by atoms with Crippen molar-refractivity contribution in [3.8, 4) is 0 Å². The Balaban J connectivity index is 2.59. The Morgan fingerprint density at radius 3 is 2.57 bits per heavy atom. The van der Waals surface area contributed by atoms with Gasteiger partial charge in [-0.3, -0.25) is 0 Å². The summed E-state index contributed by atoms with van der Waals surface area (Å²) in [7, 11) is 0. The number of nitrogens with zero attached hydrogens (tertiary/aromatic N) is 2. The smallest absolute Gasteiger partial charge is 0.127 e. The van der Waals surface area contributed by atoms with Gasteiger partial charge in [0, 0.05) is 15.8 Å². The Morgan fingerprint density at radius 2 is 2.05 bits per heavy atom. The molecule has 2 nitrogen and oxygen atoms in total. The van der Waals surface area contributed by atoms with Gasteiger partial charge in [-0.15, -0.1) is 11.6 Å². The maximum atomic E-state index is 6.38. The van der Waals surface area contributed by atoms with Gasteiger partial charge in [-0.05, 0) is 44.2 Å². The molecule has 1 heterocycles. The third-order valence-electron chi connectivity index (χ3n) is 4.26. The Bertz CT molecular complexity index is 612. The lowest BCUT2D eigenvalue weighted by Crippen LogP contribution is -2.29. The lowest BCUT2D eigenvalue weighted by Gasteiger charge is -2.31. The summed E-state index contributed by atoms with van der Waals surface area (Å²) < 4.78 is 3.62. The highest BCUT2D eigenvalue weighted by Crippen LogP contribution is 2.36. The van der Waals surface area contributed by atoms with E-state index in [0.717, 1.165) is 40.7 Å². The van der Waals surface area contributed by atoms with E-state index in [1.54, 1.807) is 0 Å². The average Bonchev–Trinajstić information content (AvgIpc) is 2.83. The lowest BCUT2D eigenvalue weighted by molar-refractivity contribution is 0.463. The van der Waals surface area contributed by atoms with E-state index >= 15 is 0 Å². The fraction of sp³-hybridized carbons (Fsp3) is 0.562. The highest BCUT2D eigenvalue weighted by Gasteiger charge is 2.28. The molecule has 21 heavy (non-hydrogen) atoms. The van der Waals surface area contributed by atoms with Gasteiger partial charge < -0.3 is 4.57 Å². The molecule has 0 spiro atoms. The van der Waals surface area contributed by atoms with E-state index in [1.807, 2.05) is 24.8 Å². The van der Waals surface area contributed by atoms with Crippen LogP contribution in [0.2, 0.25) is 0 Å². The number of aromatic nitrogens is 2. The van der Waals surface area contributed by atoms with E-state index < -0.39 is 0 Å². The van der Waals surface area contributed by atoms with Crippen LogP contribution >= 0.6 is 39.3 Å². The first-order valence-electron chi connectivity index (χ1n) is 7.31. The van der Waals surface area contributed by atoms with Crippen molar-refractivity contribution < 1.29 is 0 Å². The van der Waals surface area contributed by atoms with Crippen molar-refractivity contribution in [2.45, 2.75) is 50.3 Å². The number of thioether (sulfide) groups is 1. The van der Waals surface area contributed by atoms with Crippen molar-refractivity contribution in [2.75, 3.05) is 6.26 Å². The fourth-order valence-electron chi connectivity index (χ4n) is 2.70. The molecule has 1 unspecified atom stereocenters. The van der Waals surface area contributed by atoms with E-state index in [0.29, 0.717) is 0 Å². The van der Waals surface area contributed by atoms with Crippen molar-refractivity contribution in [1.82, 2.24) is 9.55 Å². The molecule has 0 saturated heterocycles. The first kappa shape index (κ1) is 17.2. The Kier molecular flexibility index (Phi) is 5.66. The molecule has 116 valence electrons. The topological polar surface area (TPSA) is 17.8 Å². The molecule has 0 saturated carbocycles. The predicted octanol–water partition coefficient (Wildman–Crippen LogP) is 6.02. The van der Waals surface area contributed by atoms with Crippen LogP contribution in [0.1, 0.15) is 44.8 Å².